The molecule has 0 N–H and O–H groups in total. The summed E-state index contributed by atoms with van der Waals surface area (Å²) >= 11 is 1.18. The van der Waals surface area contributed by atoms with Gasteiger partial charge in [-0.1, -0.05) is 42.1 Å². The normalized spacial score (nSPS) is 10.9. The number of amides is 1. The molecule has 0 aliphatic carbocycles. The fraction of sp³-hybridized carbons (Fsp3) is 0.304. The molecule has 2 aromatic carbocycles. The lowest BCUT2D eigenvalue weighted by atomic mass is 10.2. The summed E-state index contributed by atoms with van der Waals surface area (Å²) in [6, 6.07) is 15.5. The summed E-state index contributed by atoms with van der Waals surface area (Å²) in [5.74, 6) is -0.705. The van der Waals surface area contributed by atoms with Crippen LogP contribution in [0.5, 0.6) is 0 Å². The minimum absolute atomic E-state index is 0.0415. The third kappa shape index (κ3) is 5.53. The molecule has 1 amide bonds. The van der Waals surface area contributed by atoms with Crippen LogP contribution in [-0.2, 0) is 14.3 Å². The first-order valence-corrected chi connectivity index (χ1v) is 11.2. The zero-order valence-corrected chi connectivity index (χ0v) is 19.0. The van der Waals surface area contributed by atoms with E-state index < -0.39 is 11.8 Å². The molecule has 0 atom stereocenters. The molecule has 7 nitrogen and oxygen atoms in total. The van der Waals surface area contributed by atoms with Gasteiger partial charge in [0.05, 0.1) is 17.9 Å². The quantitative estimate of drug-likeness (QED) is 0.358. The predicted octanol–water partition coefficient (Wildman–Crippen LogP) is 3.97. The van der Waals surface area contributed by atoms with E-state index >= 15 is 0 Å². The topological polar surface area (TPSA) is 77.3 Å². The van der Waals surface area contributed by atoms with Crippen molar-refractivity contribution in [2.24, 2.45) is 0 Å². The summed E-state index contributed by atoms with van der Waals surface area (Å²) in [5, 5.41) is 8.88. The number of thioether (sulfide) groups is 1. The van der Waals surface area contributed by atoms with E-state index in [-0.39, 0.29) is 30.9 Å². The number of para-hydroxylation sites is 1. The first-order chi connectivity index (χ1) is 15.4. The molecule has 3 aromatic rings. The minimum Gasteiger partial charge on any atom is -0.465 e. The van der Waals surface area contributed by atoms with E-state index in [0.29, 0.717) is 16.5 Å². The maximum atomic E-state index is 14.5. The van der Waals surface area contributed by atoms with Gasteiger partial charge in [-0.2, -0.15) is 0 Å². The highest BCUT2D eigenvalue weighted by Gasteiger charge is 2.23. The number of hydrogen-bond acceptors (Lipinski definition) is 6. The number of benzene rings is 2. The van der Waals surface area contributed by atoms with Gasteiger partial charge < -0.3 is 9.64 Å². The van der Waals surface area contributed by atoms with E-state index in [1.807, 2.05) is 44.2 Å². The number of rotatable bonds is 9. The Morgan fingerprint density at radius 1 is 1.09 bits per heavy atom. The van der Waals surface area contributed by atoms with E-state index in [2.05, 4.69) is 10.2 Å². The lowest BCUT2D eigenvalue weighted by Crippen LogP contribution is -2.42. The average molecular weight is 457 g/mol. The molecule has 0 fully saturated rings. The van der Waals surface area contributed by atoms with Gasteiger partial charge >= 0.3 is 5.97 Å². The largest absolute Gasteiger partial charge is 0.465 e. The smallest absolute Gasteiger partial charge is 0.325 e. The molecule has 0 aliphatic heterocycles. The van der Waals surface area contributed by atoms with Crippen molar-refractivity contribution in [2.75, 3.05) is 18.9 Å². The van der Waals surface area contributed by atoms with Crippen molar-refractivity contribution in [3.63, 3.8) is 0 Å². The summed E-state index contributed by atoms with van der Waals surface area (Å²) < 4.78 is 21.2. The van der Waals surface area contributed by atoms with Crippen molar-refractivity contribution < 1.29 is 18.7 Å². The Bertz CT molecular complexity index is 1070. The molecule has 0 unspecified atom stereocenters. The van der Waals surface area contributed by atoms with Crippen LogP contribution in [0, 0.1) is 5.82 Å². The van der Waals surface area contributed by atoms with Crippen molar-refractivity contribution in [3.8, 4) is 17.1 Å². The van der Waals surface area contributed by atoms with Gasteiger partial charge in [0.1, 0.15) is 12.4 Å². The molecule has 1 heterocycles. The van der Waals surface area contributed by atoms with Crippen molar-refractivity contribution in [1.82, 2.24) is 19.7 Å². The number of ether oxygens (including phenoxy) is 1. The fourth-order valence-electron chi connectivity index (χ4n) is 3.10. The molecule has 0 spiro atoms. The number of carbonyl (C=O) groups excluding carboxylic acids is 2. The van der Waals surface area contributed by atoms with Crippen LogP contribution < -0.4 is 0 Å². The van der Waals surface area contributed by atoms with Crippen LogP contribution in [-0.4, -0.2) is 56.5 Å². The monoisotopic (exact) mass is 456 g/mol. The molecular weight excluding hydrogens is 431 g/mol. The Balaban J connectivity index is 1.88. The van der Waals surface area contributed by atoms with Gasteiger partial charge in [0, 0.05) is 11.7 Å². The van der Waals surface area contributed by atoms with Crippen molar-refractivity contribution in [3.05, 3.63) is 60.4 Å². The number of halogens is 1. The van der Waals surface area contributed by atoms with Gasteiger partial charge in [0.25, 0.3) is 0 Å². The maximum Gasteiger partial charge on any atom is 0.325 e. The SMILES string of the molecule is CCOC(=O)CN(C(=O)CSc1nnc(-c2ccccc2F)n1-c1ccccc1)C(C)C. The number of aromatic nitrogens is 3. The third-order valence-corrected chi connectivity index (χ3v) is 5.55. The van der Waals surface area contributed by atoms with Gasteiger partial charge in [0.2, 0.25) is 5.91 Å². The Kier molecular flexibility index (Phi) is 7.99. The second kappa shape index (κ2) is 10.9. The van der Waals surface area contributed by atoms with E-state index in [1.54, 1.807) is 29.7 Å². The summed E-state index contributed by atoms with van der Waals surface area (Å²) in [5.41, 5.74) is 1.06. The van der Waals surface area contributed by atoms with Gasteiger partial charge in [-0.25, -0.2) is 4.39 Å². The summed E-state index contributed by atoms with van der Waals surface area (Å²) in [4.78, 5) is 26.2. The van der Waals surface area contributed by atoms with Crippen molar-refractivity contribution >= 4 is 23.6 Å². The molecule has 0 saturated carbocycles. The summed E-state index contributed by atoms with van der Waals surface area (Å²) in [7, 11) is 0. The number of carbonyl (C=O) groups is 2. The number of esters is 1. The van der Waals surface area contributed by atoms with Crippen LogP contribution in [0.15, 0.2) is 59.8 Å². The number of nitrogens with zero attached hydrogens (tertiary/aromatic N) is 4. The van der Waals surface area contributed by atoms with Crippen molar-refractivity contribution in [2.45, 2.75) is 32.0 Å². The summed E-state index contributed by atoms with van der Waals surface area (Å²) in [6.07, 6.45) is 0. The Labute approximate surface area is 190 Å². The predicted molar refractivity (Wildman–Crippen MR) is 121 cm³/mol. The zero-order chi connectivity index (χ0) is 23.1. The molecule has 0 radical (unpaired) electrons. The van der Waals surface area contributed by atoms with Crippen LogP contribution in [0.2, 0.25) is 0 Å². The van der Waals surface area contributed by atoms with Gasteiger partial charge in [-0.3, -0.25) is 14.2 Å². The van der Waals surface area contributed by atoms with Gasteiger partial charge in [-0.05, 0) is 45.0 Å². The summed E-state index contributed by atoms with van der Waals surface area (Å²) in [6.45, 7) is 5.54. The first-order valence-electron chi connectivity index (χ1n) is 10.3. The molecule has 3 rings (SSSR count). The van der Waals surface area contributed by atoms with E-state index in [0.717, 1.165) is 5.69 Å². The Hall–Kier alpha value is -3.20. The molecule has 9 heteroatoms. The van der Waals surface area contributed by atoms with Crippen molar-refractivity contribution in [1.29, 1.82) is 0 Å². The highest BCUT2D eigenvalue weighted by molar-refractivity contribution is 7.99. The maximum absolute atomic E-state index is 14.5. The zero-order valence-electron chi connectivity index (χ0n) is 18.2. The Morgan fingerprint density at radius 2 is 1.78 bits per heavy atom. The second-order valence-corrected chi connectivity index (χ2v) is 8.11. The standard InChI is InChI=1S/C23H25FN4O3S/c1-4-31-21(30)14-27(16(2)3)20(29)15-32-23-26-25-22(18-12-8-9-13-19(18)24)28(23)17-10-6-5-7-11-17/h5-13,16H,4,14-15H2,1-3H3. The third-order valence-electron chi connectivity index (χ3n) is 4.64. The van der Waals surface area contributed by atoms with Crippen LogP contribution >= 0.6 is 11.8 Å². The van der Waals surface area contributed by atoms with Crippen LogP contribution in [0.1, 0.15) is 20.8 Å². The Morgan fingerprint density at radius 3 is 2.44 bits per heavy atom. The second-order valence-electron chi connectivity index (χ2n) is 7.17. The highest BCUT2D eigenvalue weighted by atomic mass is 32.2. The molecule has 1 aromatic heterocycles. The van der Waals surface area contributed by atoms with Crippen LogP contribution in [0.3, 0.4) is 0 Å². The molecule has 168 valence electrons. The molecule has 0 saturated heterocycles. The lowest BCUT2D eigenvalue weighted by Gasteiger charge is -2.25. The molecule has 0 bridgehead atoms. The fourth-order valence-corrected chi connectivity index (χ4v) is 3.94. The van der Waals surface area contributed by atoms with Crippen LogP contribution in [0.25, 0.3) is 17.1 Å². The lowest BCUT2D eigenvalue weighted by molar-refractivity contribution is -0.149. The van der Waals surface area contributed by atoms with Gasteiger partial charge in [0.15, 0.2) is 11.0 Å². The van der Waals surface area contributed by atoms with E-state index in [4.69, 9.17) is 4.74 Å². The van der Waals surface area contributed by atoms with Gasteiger partial charge in [-0.15, -0.1) is 10.2 Å². The minimum atomic E-state index is -0.450. The molecule has 32 heavy (non-hydrogen) atoms. The van der Waals surface area contributed by atoms with E-state index in [9.17, 15) is 14.0 Å². The van der Waals surface area contributed by atoms with Crippen LogP contribution in [0.4, 0.5) is 4.39 Å². The molecule has 0 aliphatic rings. The molecular formula is C23H25FN4O3S. The first kappa shape index (κ1) is 23.5. The average Bonchev–Trinajstić information content (AvgIpc) is 3.20. The van der Waals surface area contributed by atoms with E-state index in [1.165, 1.54) is 22.7 Å². The highest BCUT2D eigenvalue weighted by Crippen LogP contribution is 2.29. The number of hydrogen-bond donors (Lipinski definition) is 0.